The number of nitrogens with zero attached hydrogens (tertiary/aromatic N) is 3. The predicted molar refractivity (Wildman–Crippen MR) is 98.5 cm³/mol. The maximum absolute atomic E-state index is 14.8. The van der Waals surface area contributed by atoms with Crippen LogP contribution in [0.4, 0.5) is 10.1 Å². The maximum Gasteiger partial charge on any atom is 0.222 e. The molecule has 4 nitrogen and oxygen atoms in total. The van der Waals surface area contributed by atoms with E-state index in [1.165, 1.54) is 12.3 Å². The number of hydrogen-bond donors (Lipinski definition) is 1. The van der Waals surface area contributed by atoms with Crippen LogP contribution >= 0.6 is 23.2 Å². The molecule has 0 saturated carbocycles. The van der Waals surface area contributed by atoms with E-state index in [0.717, 1.165) is 0 Å². The Morgan fingerprint density at radius 2 is 1.96 bits per heavy atom. The van der Waals surface area contributed by atoms with Gasteiger partial charge < -0.3 is 5.11 Å². The Kier molecular flexibility index (Phi) is 4.38. The van der Waals surface area contributed by atoms with Crippen LogP contribution in [-0.4, -0.2) is 26.4 Å². The summed E-state index contributed by atoms with van der Waals surface area (Å²) in [5.74, 6) is -0.492. The number of hydrogen-bond acceptors (Lipinski definition) is 4. The summed E-state index contributed by atoms with van der Waals surface area (Å²) < 4.78 is 14.8. The Labute approximate surface area is 155 Å². The minimum absolute atomic E-state index is 0.0328. The van der Waals surface area contributed by atoms with E-state index in [9.17, 15) is 9.50 Å². The molecule has 0 amide bonds. The van der Waals surface area contributed by atoms with Gasteiger partial charge >= 0.3 is 0 Å². The molecule has 1 N–H and O–H groups in total. The second kappa shape index (κ2) is 6.01. The van der Waals surface area contributed by atoms with E-state index in [1.807, 2.05) is 20.8 Å². The van der Waals surface area contributed by atoms with E-state index >= 15 is 0 Å². The van der Waals surface area contributed by atoms with Gasteiger partial charge in [0.2, 0.25) is 5.28 Å². The van der Waals surface area contributed by atoms with Crippen LogP contribution in [0.5, 0.6) is 0 Å². The van der Waals surface area contributed by atoms with Gasteiger partial charge in [0.15, 0.2) is 0 Å². The first-order chi connectivity index (χ1) is 11.6. The molecule has 7 heteroatoms. The number of fused-ring (bicyclic) bond motifs is 1. The molecular weight excluding hydrogens is 364 g/mol. The second-order valence-corrected chi connectivity index (χ2v) is 7.65. The fourth-order valence-electron chi connectivity index (χ4n) is 3.21. The van der Waals surface area contributed by atoms with E-state index in [2.05, 4.69) is 15.0 Å². The molecule has 2 heterocycles. The topological polar surface area (TPSA) is 58.4 Å². The highest BCUT2D eigenvalue weighted by Crippen LogP contribution is 2.46. The van der Waals surface area contributed by atoms with E-state index in [0.29, 0.717) is 29.0 Å². The summed E-state index contributed by atoms with van der Waals surface area (Å²) in [4.78, 5) is 12.3. The normalized spacial score (nSPS) is 17.8. The van der Waals surface area contributed by atoms with Crippen molar-refractivity contribution in [1.82, 2.24) is 9.97 Å². The molecule has 1 aliphatic heterocycles. The Hall–Kier alpha value is -1.56. The maximum atomic E-state index is 14.8. The molecule has 1 aliphatic rings. The summed E-state index contributed by atoms with van der Waals surface area (Å²) >= 11 is 12.0. The number of aromatic nitrogens is 2. The van der Waals surface area contributed by atoms with Gasteiger partial charge in [0.25, 0.3) is 0 Å². The molecular formula is C18H18Cl2FN3O. The van der Waals surface area contributed by atoms with E-state index in [4.69, 9.17) is 23.2 Å². The van der Waals surface area contributed by atoms with Crippen molar-refractivity contribution in [3.63, 3.8) is 0 Å². The van der Waals surface area contributed by atoms with Crippen LogP contribution in [0.2, 0.25) is 10.3 Å². The molecule has 1 aromatic carbocycles. The minimum atomic E-state index is -1.12. The van der Waals surface area contributed by atoms with Crippen molar-refractivity contribution in [3.05, 3.63) is 40.0 Å². The van der Waals surface area contributed by atoms with Crippen molar-refractivity contribution in [3.8, 4) is 11.3 Å². The standard InChI is InChI=1S/C18H18Cl2FN3O/c1-5-18(4,25)15-17(2,3)10-6-9(7-12(21)14(10)23-15)13-11(19)8-22-16(20)24-13/h6-8,25H,5H2,1-4H3. The summed E-state index contributed by atoms with van der Waals surface area (Å²) in [6.07, 6.45) is 1.86. The molecule has 0 saturated heterocycles. The third-order valence-electron chi connectivity index (χ3n) is 4.74. The largest absolute Gasteiger partial charge is 0.384 e. The van der Waals surface area contributed by atoms with Gasteiger partial charge in [-0.2, -0.15) is 0 Å². The Balaban J connectivity index is 2.20. The molecule has 25 heavy (non-hydrogen) atoms. The van der Waals surface area contributed by atoms with Gasteiger partial charge in [-0.25, -0.2) is 14.4 Å². The third kappa shape index (κ3) is 2.94. The fraction of sp³-hybridized carbons (Fsp3) is 0.389. The van der Waals surface area contributed by atoms with E-state index in [1.54, 1.807) is 13.0 Å². The zero-order chi connectivity index (χ0) is 18.6. The van der Waals surface area contributed by atoms with Crippen LogP contribution in [0.15, 0.2) is 23.3 Å². The van der Waals surface area contributed by atoms with Crippen molar-refractivity contribution in [2.75, 3.05) is 0 Å². The molecule has 0 radical (unpaired) electrons. The van der Waals surface area contributed by atoms with Crippen LogP contribution < -0.4 is 0 Å². The second-order valence-electron chi connectivity index (χ2n) is 6.90. The van der Waals surface area contributed by atoms with Gasteiger partial charge in [0, 0.05) is 11.0 Å². The summed E-state index contributed by atoms with van der Waals surface area (Å²) in [5.41, 5.74) is 0.562. The van der Waals surface area contributed by atoms with Crippen LogP contribution in [0.25, 0.3) is 11.3 Å². The van der Waals surface area contributed by atoms with Crippen LogP contribution in [0.1, 0.15) is 39.7 Å². The van der Waals surface area contributed by atoms with Crippen molar-refractivity contribution < 1.29 is 9.50 Å². The van der Waals surface area contributed by atoms with Gasteiger partial charge in [0.05, 0.1) is 22.6 Å². The van der Waals surface area contributed by atoms with Gasteiger partial charge in [-0.3, -0.25) is 4.99 Å². The molecule has 2 aromatic rings. The Bertz CT molecular complexity index is 894. The first-order valence-corrected chi connectivity index (χ1v) is 8.68. The van der Waals surface area contributed by atoms with Crippen LogP contribution in [0.3, 0.4) is 0 Å². The quantitative estimate of drug-likeness (QED) is 0.750. The number of halogens is 3. The Morgan fingerprint density at radius 1 is 1.28 bits per heavy atom. The number of aliphatic hydroxyl groups is 1. The lowest BCUT2D eigenvalue weighted by Gasteiger charge is -2.32. The van der Waals surface area contributed by atoms with Crippen molar-refractivity contribution >= 4 is 34.6 Å². The number of rotatable bonds is 3. The highest BCUT2D eigenvalue weighted by Gasteiger charge is 2.44. The van der Waals surface area contributed by atoms with Gasteiger partial charge in [-0.05, 0) is 42.6 Å². The van der Waals surface area contributed by atoms with Crippen LogP contribution in [0, 0.1) is 5.82 Å². The average molecular weight is 382 g/mol. The molecule has 0 bridgehead atoms. The highest BCUT2D eigenvalue weighted by molar-refractivity contribution is 6.33. The summed E-state index contributed by atoms with van der Waals surface area (Å²) in [6, 6.07) is 3.12. The molecule has 132 valence electrons. The van der Waals surface area contributed by atoms with E-state index in [-0.39, 0.29) is 16.0 Å². The van der Waals surface area contributed by atoms with Crippen molar-refractivity contribution in [2.24, 2.45) is 4.99 Å². The SMILES string of the molecule is CCC(C)(O)C1=Nc2c(F)cc(-c3nc(Cl)ncc3Cl)cc2C1(C)C. The lowest BCUT2D eigenvalue weighted by Crippen LogP contribution is -2.44. The average Bonchev–Trinajstić information content (AvgIpc) is 2.82. The zero-order valence-electron chi connectivity index (χ0n) is 14.4. The number of aliphatic imine (C=N–C) groups is 1. The first kappa shape index (κ1) is 18.2. The molecule has 1 unspecified atom stereocenters. The number of benzene rings is 1. The van der Waals surface area contributed by atoms with Crippen molar-refractivity contribution in [1.29, 1.82) is 0 Å². The van der Waals surface area contributed by atoms with Gasteiger partial charge in [0.1, 0.15) is 17.1 Å². The lowest BCUT2D eigenvalue weighted by molar-refractivity contribution is 0.122. The summed E-state index contributed by atoms with van der Waals surface area (Å²) in [5, 5.41) is 11.0. The predicted octanol–water partition coefficient (Wildman–Crippen LogP) is 5.11. The smallest absolute Gasteiger partial charge is 0.222 e. The fourth-order valence-corrected chi connectivity index (χ4v) is 3.55. The molecule has 3 rings (SSSR count). The molecule has 1 aromatic heterocycles. The lowest BCUT2D eigenvalue weighted by atomic mass is 9.74. The highest BCUT2D eigenvalue weighted by atomic mass is 35.5. The monoisotopic (exact) mass is 381 g/mol. The zero-order valence-corrected chi connectivity index (χ0v) is 15.9. The van der Waals surface area contributed by atoms with Gasteiger partial charge in [-0.1, -0.05) is 32.4 Å². The molecule has 0 aliphatic carbocycles. The molecule has 1 atom stereocenters. The third-order valence-corrected chi connectivity index (χ3v) is 5.20. The Morgan fingerprint density at radius 3 is 2.60 bits per heavy atom. The van der Waals surface area contributed by atoms with E-state index < -0.39 is 16.8 Å². The first-order valence-electron chi connectivity index (χ1n) is 7.92. The van der Waals surface area contributed by atoms with Crippen LogP contribution in [-0.2, 0) is 5.41 Å². The minimum Gasteiger partial charge on any atom is -0.384 e. The van der Waals surface area contributed by atoms with Gasteiger partial charge in [-0.15, -0.1) is 0 Å². The molecule has 0 fully saturated rings. The van der Waals surface area contributed by atoms with Crippen molar-refractivity contribution in [2.45, 2.75) is 45.1 Å². The summed E-state index contributed by atoms with van der Waals surface area (Å²) in [6.45, 7) is 7.39. The summed E-state index contributed by atoms with van der Waals surface area (Å²) in [7, 11) is 0. The molecule has 0 spiro atoms.